The number of nitrogens with one attached hydrogen (secondary N) is 2. The summed E-state index contributed by atoms with van der Waals surface area (Å²) in [5, 5.41) is 6.42. The monoisotopic (exact) mass is 281 g/mol. The Labute approximate surface area is 118 Å². The second-order valence-electron chi connectivity index (χ2n) is 5.34. The van der Waals surface area contributed by atoms with Crippen LogP contribution in [0.2, 0.25) is 0 Å². The van der Waals surface area contributed by atoms with E-state index in [0.717, 1.165) is 24.5 Å². The maximum Gasteiger partial charge on any atom is 0.191 e. The summed E-state index contributed by atoms with van der Waals surface area (Å²) >= 11 is 0. The molecule has 20 heavy (non-hydrogen) atoms. The van der Waals surface area contributed by atoms with Gasteiger partial charge in [0.15, 0.2) is 5.96 Å². The highest BCUT2D eigenvalue weighted by Crippen LogP contribution is 2.27. The lowest BCUT2D eigenvalue weighted by Gasteiger charge is -2.16. The van der Waals surface area contributed by atoms with Gasteiger partial charge in [0.1, 0.15) is 11.6 Å². The summed E-state index contributed by atoms with van der Waals surface area (Å²) in [6.45, 7) is 3.38. The summed E-state index contributed by atoms with van der Waals surface area (Å²) in [4.78, 5) is 4.13. The number of hydrogen-bond acceptors (Lipinski definition) is 1. The molecular weight excluding hydrogens is 260 g/mol. The number of hydrogen-bond donors (Lipinski definition) is 2. The van der Waals surface area contributed by atoms with Crippen molar-refractivity contribution in [1.82, 2.24) is 10.6 Å². The van der Waals surface area contributed by atoms with E-state index in [1.165, 1.54) is 25.0 Å². The van der Waals surface area contributed by atoms with Crippen LogP contribution in [0.3, 0.4) is 0 Å². The second-order valence-corrected chi connectivity index (χ2v) is 5.34. The van der Waals surface area contributed by atoms with Gasteiger partial charge in [-0.25, -0.2) is 8.78 Å². The molecule has 1 aliphatic carbocycles. The van der Waals surface area contributed by atoms with Crippen molar-refractivity contribution in [2.24, 2.45) is 10.9 Å². The van der Waals surface area contributed by atoms with Crippen molar-refractivity contribution in [3.05, 3.63) is 35.4 Å². The van der Waals surface area contributed by atoms with E-state index in [9.17, 15) is 8.78 Å². The Kier molecular flexibility index (Phi) is 4.93. The molecule has 1 aromatic rings. The van der Waals surface area contributed by atoms with E-state index in [4.69, 9.17) is 0 Å². The Balaban J connectivity index is 1.84. The number of rotatable bonds is 5. The van der Waals surface area contributed by atoms with Gasteiger partial charge in [0, 0.05) is 32.1 Å². The number of guanidine groups is 1. The van der Waals surface area contributed by atoms with Crippen LogP contribution >= 0.6 is 0 Å². The molecule has 0 bridgehead atoms. The molecule has 0 spiro atoms. The smallest absolute Gasteiger partial charge is 0.191 e. The van der Waals surface area contributed by atoms with Crippen molar-refractivity contribution in [1.29, 1.82) is 0 Å². The Hall–Kier alpha value is -1.65. The van der Waals surface area contributed by atoms with Gasteiger partial charge in [-0.2, -0.15) is 0 Å². The van der Waals surface area contributed by atoms with Crippen molar-refractivity contribution in [2.45, 2.75) is 25.7 Å². The summed E-state index contributed by atoms with van der Waals surface area (Å²) in [7, 11) is 1.71. The molecule has 1 saturated carbocycles. The van der Waals surface area contributed by atoms with Crippen molar-refractivity contribution < 1.29 is 8.78 Å². The van der Waals surface area contributed by atoms with Crippen LogP contribution < -0.4 is 10.6 Å². The highest BCUT2D eigenvalue weighted by Gasteiger charge is 2.21. The van der Waals surface area contributed by atoms with Gasteiger partial charge in [-0.1, -0.05) is 13.0 Å². The van der Waals surface area contributed by atoms with Crippen LogP contribution in [0.1, 0.15) is 31.2 Å². The lowest BCUT2D eigenvalue weighted by atomic mass is 10.0. The Bertz CT molecular complexity index is 484. The molecule has 0 aliphatic heterocycles. The number of aliphatic imine (C=N–C) groups is 1. The third-order valence-corrected chi connectivity index (χ3v) is 3.55. The minimum Gasteiger partial charge on any atom is -0.356 e. The molecule has 0 saturated heterocycles. The Morgan fingerprint density at radius 1 is 1.35 bits per heavy atom. The standard InChI is InChI=1S/C15H21F2N3/c1-10(13-6-5-12(16)7-14(13)17)8-19-15(18-2)20-9-11-3-4-11/h5-7,10-11H,3-4,8-9H2,1-2H3,(H2,18,19,20). The lowest BCUT2D eigenvalue weighted by Crippen LogP contribution is -2.40. The maximum atomic E-state index is 13.7. The van der Waals surface area contributed by atoms with Crippen LogP contribution in [0.5, 0.6) is 0 Å². The van der Waals surface area contributed by atoms with Crippen LogP contribution in [0.25, 0.3) is 0 Å². The molecule has 1 aromatic carbocycles. The summed E-state index contributed by atoms with van der Waals surface area (Å²) in [6.07, 6.45) is 2.56. The fourth-order valence-electron chi connectivity index (χ4n) is 2.04. The number of nitrogens with zero attached hydrogens (tertiary/aromatic N) is 1. The highest BCUT2D eigenvalue weighted by molar-refractivity contribution is 5.79. The first-order chi connectivity index (χ1) is 9.60. The molecule has 5 heteroatoms. The van der Waals surface area contributed by atoms with Crippen LogP contribution in [0, 0.1) is 17.6 Å². The second kappa shape index (κ2) is 6.68. The zero-order valence-corrected chi connectivity index (χ0v) is 11.9. The number of benzene rings is 1. The molecule has 0 heterocycles. The Morgan fingerprint density at radius 2 is 2.10 bits per heavy atom. The first-order valence-electron chi connectivity index (χ1n) is 6.99. The topological polar surface area (TPSA) is 36.4 Å². The average molecular weight is 281 g/mol. The molecule has 2 N–H and O–H groups in total. The van der Waals surface area contributed by atoms with E-state index in [-0.39, 0.29) is 5.92 Å². The van der Waals surface area contributed by atoms with Crippen molar-refractivity contribution in [2.75, 3.05) is 20.1 Å². The third-order valence-electron chi connectivity index (χ3n) is 3.55. The van der Waals surface area contributed by atoms with E-state index in [1.54, 1.807) is 7.05 Å². The molecule has 0 amide bonds. The largest absolute Gasteiger partial charge is 0.356 e. The van der Waals surface area contributed by atoms with Gasteiger partial charge in [-0.05, 0) is 30.4 Å². The number of halogens is 2. The molecule has 110 valence electrons. The van der Waals surface area contributed by atoms with Crippen LogP contribution in [-0.4, -0.2) is 26.1 Å². The molecule has 1 atom stereocenters. The minimum absolute atomic E-state index is 0.0601. The average Bonchev–Trinajstić information content (AvgIpc) is 3.22. The molecule has 3 nitrogen and oxygen atoms in total. The van der Waals surface area contributed by atoms with Gasteiger partial charge in [0.25, 0.3) is 0 Å². The van der Waals surface area contributed by atoms with Gasteiger partial charge in [0.2, 0.25) is 0 Å². The summed E-state index contributed by atoms with van der Waals surface area (Å²) in [5.41, 5.74) is 0.511. The van der Waals surface area contributed by atoms with Gasteiger partial charge in [-0.15, -0.1) is 0 Å². The zero-order chi connectivity index (χ0) is 14.5. The van der Waals surface area contributed by atoms with E-state index < -0.39 is 11.6 Å². The van der Waals surface area contributed by atoms with Crippen molar-refractivity contribution in [3.8, 4) is 0 Å². The van der Waals surface area contributed by atoms with Gasteiger partial charge >= 0.3 is 0 Å². The van der Waals surface area contributed by atoms with Crippen LogP contribution in [-0.2, 0) is 0 Å². The van der Waals surface area contributed by atoms with E-state index >= 15 is 0 Å². The quantitative estimate of drug-likeness (QED) is 0.643. The normalized spacial score (nSPS) is 16.9. The van der Waals surface area contributed by atoms with E-state index in [1.807, 2.05) is 6.92 Å². The fourth-order valence-corrected chi connectivity index (χ4v) is 2.04. The maximum absolute atomic E-state index is 13.7. The molecule has 1 unspecified atom stereocenters. The van der Waals surface area contributed by atoms with Crippen LogP contribution in [0.15, 0.2) is 23.2 Å². The van der Waals surface area contributed by atoms with Crippen molar-refractivity contribution >= 4 is 5.96 Å². The summed E-state index contributed by atoms with van der Waals surface area (Å²) < 4.78 is 26.5. The first kappa shape index (κ1) is 14.8. The van der Waals surface area contributed by atoms with E-state index in [2.05, 4.69) is 15.6 Å². The van der Waals surface area contributed by atoms with Gasteiger partial charge in [0.05, 0.1) is 0 Å². The van der Waals surface area contributed by atoms with Gasteiger partial charge < -0.3 is 10.6 Å². The summed E-state index contributed by atoms with van der Waals surface area (Å²) in [5.74, 6) is 0.385. The highest BCUT2D eigenvalue weighted by atomic mass is 19.1. The Morgan fingerprint density at radius 3 is 2.70 bits per heavy atom. The molecule has 0 radical (unpaired) electrons. The van der Waals surface area contributed by atoms with Crippen molar-refractivity contribution in [3.63, 3.8) is 0 Å². The minimum atomic E-state index is -0.548. The third kappa shape index (κ3) is 4.18. The molecule has 0 aromatic heterocycles. The molecule has 2 rings (SSSR count). The van der Waals surface area contributed by atoms with Gasteiger partial charge in [-0.3, -0.25) is 4.99 Å². The molecular formula is C15H21F2N3. The fraction of sp³-hybridized carbons (Fsp3) is 0.533. The van der Waals surface area contributed by atoms with Crippen LogP contribution in [0.4, 0.5) is 8.78 Å². The first-order valence-corrected chi connectivity index (χ1v) is 6.99. The predicted molar refractivity (Wildman–Crippen MR) is 76.9 cm³/mol. The summed E-state index contributed by atoms with van der Waals surface area (Å²) in [6, 6.07) is 3.71. The lowest BCUT2D eigenvalue weighted by molar-refractivity contribution is 0.555. The molecule has 1 fully saturated rings. The molecule has 1 aliphatic rings. The zero-order valence-electron chi connectivity index (χ0n) is 11.9. The van der Waals surface area contributed by atoms with E-state index in [0.29, 0.717) is 12.1 Å². The predicted octanol–water partition coefficient (Wildman–Crippen LogP) is 2.64. The SMILES string of the molecule is CN=C(NCC1CC1)NCC(C)c1ccc(F)cc1F.